The Bertz CT molecular complexity index is 586. The molecule has 2 rings (SSSR count). The second-order valence-corrected chi connectivity index (χ2v) is 4.86. The minimum absolute atomic E-state index is 0.287. The molecule has 0 radical (unpaired) electrons. The van der Waals surface area contributed by atoms with E-state index in [1.165, 1.54) is 0 Å². The number of aromatic carboxylic acids is 1. The number of fused-ring (bicyclic) bond motifs is 1. The van der Waals surface area contributed by atoms with Crippen LogP contribution in [0.2, 0.25) is 0 Å². The summed E-state index contributed by atoms with van der Waals surface area (Å²) < 4.78 is 5.72. The molecule has 0 spiro atoms. The van der Waals surface area contributed by atoms with Gasteiger partial charge in [0.1, 0.15) is 16.9 Å². The third kappa shape index (κ3) is 2.63. The first-order chi connectivity index (χ1) is 9.04. The summed E-state index contributed by atoms with van der Waals surface area (Å²) in [5, 5.41) is 10.1. The van der Waals surface area contributed by atoms with Gasteiger partial charge in [0.25, 0.3) is 0 Å². The van der Waals surface area contributed by atoms with E-state index in [4.69, 9.17) is 4.42 Å². The molecular formula is C15H19NO3. The third-order valence-electron chi connectivity index (χ3n) is 3.37. The van der Waals surface area contributed by atoms with Gasteiger partial charge in [-0.3, -0.25) is 4.90 Å². The van der Waals surface area contributed by atoms with Crippen molar-refractivity contribution in [2.45, 2.75) is 33.4 Å². The van der Waals surface area contributed by atoms with Crippen molar-refractivity contribution < 1.29 is 14.3 Å². The molecule has 0 aliphatic carbocycles. The molecule has 0 saturated carbocycles. The average Bonchev–Trinajstić information content (AvgIpc) is 2.73. The van der Waals surface area contributed by atoms with Gasteiger partial charge in [-0.1, -0.05) is 25.1 Å². The van der Waals surface area contributed by atoms with E-state index in [0.29, 0.717) is 29.3 Å². The van der Waals surface area contributed by atoms with Crippen LogP contribution in [0.3, 0.4) is 0 Å². The summed E-state index contributed by atoms with van der Waals surface area (Å²) in [5.41, 5.74) is 0.921. The molecule has 2 aromatic rings. The number of hydrogen-bond acceptors (Lipinski definition) is 3. The first-order valence-corrected chi connectivity index (χ1v) is 6.52. The summed E-state index contributed by atoms with van der Waals surface area (Å²) in [6.45, 7) is 7.61. The lowest BCUT2D eigenvalue weighted by molar-refractivity contribution is 0.0693. The lowest BCUT2D eigenvalue weighted by atomic mass is 10.1. The topological polar surface area (TPSA) is 53.7 Å². The van der Waals surface area contributed by atoms with Crippen molar-refractivity contribution in [2.75, 3.05) is 6.54 Å². The first-order valence-electron chi connectivity index (χ1n) is 6.52. The molecule has 1 heterocycles. The third-order valence-corrected chi connectivity index (χ3v) is 3.37. The van der Waals surface area contributed by atoms with Crippen LogP contribution in [-0.4, -0.2) is 28.6 Å². The zero-order valence-corrected chi connectivity index (χ0v) is 11.5. The summed E-state index contributed by atoms with van der Waals surface area (Å²) in [6.07, 6.45) is 0. The molecule has 4 nitrogen and oxygen atoms in total. The maximum absolute atomic E-state index is 11.5. The van der Waals surface area contributed by atoms with Gasteiger partial charge in [-0.2, -0.15) is 0 Å². The molecule has 0 aliphatic rings. The average molecular weight is 261 g/mol. The smallest absolute Gasteiger partial charge is 0.339 e. The minimum atomic E-state index is -0.931. The fourth-order valence-corrected chi connectivity index (χ4v) is 2.29. The summed E-state index contributed by atoms with van der Waals surface area (Å²) in [5.74, 6) is -0.399. The maximum Gasteiger partial charge on any atom is 0.339 e. The van der Waals surface area contributed by atoms with Crippen molar-refractivity contribution in [3.8, 4) is 0 Å². The molecule has 4 heteroatoms. The number of hydrogen-bond donors (Lipinski definition) is 1. The van der Waals surface area contributed by atoms with Crippen LogP contribution in [0.4, 0.5) is 0 Å². The van der Waals surface area contributed by atoms with Crippen LogP contribution in [0.5, 0.6) is 0 Å². The SMILES string of the molecule is CCN(Cc1oc2ccccc2c1C(=O)O)C(C)C. The molecule has 102 valence electrons. The molecule has 0 bridgehead atoms. The number of rotatable bonds is 5. The molecule has 0 unspecified atom stereocenters. The van der Waals surface area contributed by atoms with Gasteiger partial charge in [0.15, 0.2) is 0 Å². The molecule has 0 atom stereocenters. The summed E-state index contributed by atoms with van der Waals surface area (Å²) in [7, 11) is 0. The highest BCUT2D eigenvalue weighted by Gasteiger charge is 2.22. The molecule has 1 aromatic heterocycles. The Kier molecular flexibility index (Phi) is 3.90. The lowest BCUT2D eigenvalue weighted by Crippen LogP contribution is -2.30. The molecule has 0 saturated heterocycles. The normalized spacial score (nSPS) is 11.6. The number of benzene rings is 1. The van der Waals surface area contributed by atoms with Crippen LogP contribution in [-0.2, 0) is 6.54 Å². The Labute approximate surface area is 112 Å². The van der Waals surface area contributed by atoms with E-state index >= 15 is 0 Å². The molecule has 0 aliphatic heterocycles. The van der Waals surface area contributed by atoms with Gasteiger partial charge in [0.05, 0.1) is 6.54 Å². The lowest BCUT2D eigenvalue weighted by Gasteiger charge is -2.23. The highest BCUT2D eigenvalue weighted by molar-refractivity contribution is 6.03. The van der Waals surface area contributed by atoms with Gasteiger partial charge in [-0.15, -0.1) is 0 Å². The van der Waals surface area contributed by atoms with E-state index in [1.54, 1.807) is 12.1 Å². The maximum atomic E-state index is 11.5. The number of carboxylic acid groups (broad SMARTS) is 1. The summed E-state index contributed by atoms with van der Waals surface area (Å²) in [4.78, 5) is 13.6. The fraction of sp³-hybridized carbons (Fsp3) is 0.400. The number of carboxylic acids is 1. The van der Waals surface area contributed by atoms with Gasteiger partial charge in [-0.25, -0.2) is 4.79 Å². The van der Waals surface area contributed by atoms with Crippen LogP contribution in [0, 0.1) is 0 Å². The first kappa shape index (κ1) is 13.6. The van der Waals surface area contributed by atoms with Gasteiger partial charge >= 0.3 is 5.97 Å². The zero-order chi connectivity index (χ0) is 14.0. The van der Waals surface area contributed by atoms with Gasteiger partial charge in [0, 0.05) is 11.4 Å². The van der Waals surface area contributed by atoms with Gasteiger partial charge in [-0.05, 0) is 26.5 Å². The van der Waals surface area contributed by atoms with E-state index in [9.17, 15) is 9.90 Å². The van der Waals surface area contributed by atoms with Crippen molar-refractivity contribution in [3.63, 3.8) is 0 Å². The van der Waals surface area contributed by atoms with E-state index in [1.807, 2.05) is 12.1 Å². The van der Waals surface area contributed by atoms with Crippen molar-refractivity contribution in [2.24, 2.45) is 0 Å². The largest absolute Gasteiger partial charge is 0.478 e. The van der Waals surface area contributed by atoms with E-state index in [-0.39, 0.29) is 5.56 Å². The Balaban J connectivity index is 2.47. The highest BCUT2D eigenvalue weighted by Crippen LogP contribution is 2.27. The van der Waals surface area contributed by atoms with Crippen LogP contribution in [0.1, 0.15) is 36.9 Å². The van der Waals surface area contributed by atoms with Crippen molar-refractivity contribution in [1.82, 2.24) is 4.90 Å². The predicted molar refractivity (Wildman–Crippen MR) is 74.4 cm³/mol. The standard InChI is InChI=1S/C15H19NO3/c1-4-16(10(2)3)9-13-14(15(17)18)11-7-5-6-8-12(11)19-13/h5-8,10H,4,9H2,1-3H3,(H,17,18). The van der Waals surface area contributed by atoms with Gasteiger partial charge < -0.3 is 9.52 Å². The zero-order valence-electron chi connectivity index (χ0n) is 11.5. The number of carbonyl (C=O) groups is 1. The van der Waals surface area contributed by atoms with Crippen molar-refractivity contribution >= 4 is 16.9 Å². The quantitative estimate of drug-likeness (QED) is 0.896. The Hall–Kier alpha value is -1.81. The number of furan rings is 1. The molecule has 1 N–H and O–H groups in total. The number of nitrogens with zero attached hydrogens (tertiary/aromatic N) is 1. The summed E-state index contributed by atoms with van der Waals surface area (Å²) >= 11 is 0. The van der Waals surface area contributed by atoms with E-state index in [0.717, 1.165) is 6.54 Å². The van der Waals surface area contributed by atoms with Gasteiger partial charge in [0.2, 0.25) is 0 Å². The second kappa shape index (κ2) is 5.45. The molecule has 19 heavy (non-hydrogen) atoms. The van der Waals surface area contributed by atoms with Crippen molar-refractivity contribution in [1.29, 1.82) is 0 Å². The van der Waals surface area contributed by atoms with Crippen LogP contribution < -0.4 is 0 Å². The predicted octanol–water partition coefficient (Wildman–Crippen LogP) is 3.36. The Morgan fingerprint density at radius 1 is 1.37 bits per heavy atom. The van der Waals surface area contributed by atoms with Crippen molar-refractivity contribution in [3.05, 3.63) is 35.6 Å². The van der Waals surface area contributed by atoms with E-state index < -0.39 is 5.97 Å². The minimum Gasteiger partial charge on any atom is -0.478 e. The summed E-state index contributed by atoms with van der Waals surface area (Å²) in [6, 6.07) is 7.61. The second-order valence-electron chi connectivity index (χ2n) is 4.86. The van der Waals surface area contributed by atoms with Crippen LogP contribution in [0.25, 0.3) is 11.0 Å². The molecule has 0 fully saturated rings. The molecule has 1 aromatic carbocycles. The molecular weight excluding hydrogens is 242 g/mol. The van der Waals surface area contributed by atoms with E-state index in [2.05, 4.69) is 25.7 Å². The Morgan fingerprint density at radius 2 is 2.05 bits per heavy atom. The monoisotopic (exact) mass is 261 g/mol. The van der Waals surface area contributed by atoms with Crippen LogP contribution >= 0.6 is 0 Å². The molecule has 0 amide bonds. The van der Waals surface area contributed by atoms with Crippen LogP contribution in [0.15, 0.2) is 28.7 Å². The highest BCUT2D eigenvalue weighted by atomic mass is 16.4. The fourth-order valence-electron chi connectivity index (χ4n) is 2.29. The number of para-hydroxylation sites is 1. The Morgan fingerprint density at radius 3 is 2.63 bits per heavy atom.